The summed E-state index contributed by atoms with van der Waals surface area (Å²) in [6, 6.07) is 7.04. The van der Waals surface area contributed by atoms with Gasteiger partial charge in [-0.1, -0.05) is 28.4 Å². The summed E-state index contributed by atoms with van der Waals surface area (Å²) in [5, 5.41) is 11.2. The fourth-order valence-corrected chi connectivity index (χ4v) is 1.04. The Hall–Kier alpha value is -1.19. The summed E-state index contributed by atoms with van der Waals surface area (Å²) < 4.78 is 5.48. The second-order valence-electron chi connectivity index (χ2n) is 2.62. The molecule has 1 rings (SSSR count). The molecule has 80 valence electrons. The van der Waals surface area contributed by atoms with Gasteiger partial charge in [-0.05, 0) is 35.9 Å². The molecule has 1 N–H and O–H groups in total. The summed E-state index contributed by atoms with van der Waals surface area (Å²) in [6.07, 6.45) is 2.88. The van der Waals surface area contributed by atoms with Crippen LogP contribution >= 0.6 is 23.2 Å². The zero-order chi connectivity index (χ0) is 11.1. The molecule has 0 heterocycles. The zero-order valence-corrected chi connectivity index (χ0v) is 9.24. The molecule has 0 aliphatic heterocycles. The van der Waals surface area contributed by atoms with Crippen molar-refractivity contribution in [2.75, 3.05) is 6.61 Å². The van der Waals surface area contributed by atoms with Gasteiger partial charge in [-0.3, -0.25) is 0 Å². The number of rotatable bonds is 4. The maximum absolute atomic E-state index is 8.29. The first-order chi connectivity index (χ1) is 7.22. The van der Waals surface area contributed by atoms with Crippen molar-refractivity contribution in [1.29, 1.82) is 0 Å². The van der Waals surface area contributed by atoms with Crippen molar-refractivity contribution in [3.63, 3.8) is 0 Å². The second-order valence-corrected chi connectivity index (χ2v) is 3.63. The average Bonchev–Trinajstić information content (AvgIpc) is 2.20. The zero-order valence-electron chi connectivity index (χ0n) is 7.73. The van der Waals surface area contributed by atoms with E-state index in [9.17, 15) is 0 Å². The number of nitrogens with zero attached hydrogens (tertiary/aromatic N) is 1. The van der Waals surface area contributed by atoms with E-state index in [1.165, 1.54) is 6.21 Å². The van der Waals surface area contributed by atoms with E-state index >= 15 is 0 Å². The molecule has 0 aromatic heterocycles. The van der Waals surface area contributed by atoms with Crippen molar-refractivity contribution in [2.24, 2.45) is 5.16 Å². The maximum atomic E-state index is 8.29. The van der Waals surface area contributed by atoms with Crippen molar-refractivity contribution in [1.82, 2.24) is 0 Å². The lowest BCUT2D eigenvalue weighted by Gasteiger charge is -2.02. The average molecular weight is 246 g/mol. The number of benzene rings is 1. The Kier molecular flexibility index (Phi) is 5.01. The van der Waals surface area contributed by atoms with Crippen LogP contribution in [0.1, 0.15) is 5.56 Å². The van der Waals surface area contributed by atoms with Crippen LogP contribution in [0.2, 0.25) is 0 Å². The number of hydrogen-bond acceptors (Lipinski definition) is 3. The monoisotopic (exact) mass is 245 g/mol. The van der Waals surface area contributed by atoms with Crippen LogP contribution in [0, 0.1) is 0 Å². The highest BCUT2D eigenvalue weighted by Crippen LogP contribution is 2.12. The normalized spacial score (nSPS) is 10.3. The number of halogens is 2. The van der Waals surface area contributed by atoms with Gasteiger partial charge in [-0.2, -0.15) is 0 Å². The predicted octanol–water partition coefficient (Wildman–Crippen LogP) is 3.19. The fourth-order valence-electron chi connectivity index (χ4n) is 0.918. The summed E-state index contributed by atoms with van der Waals surface area (Å²) in [7, 11) is 0. The smallest absolute Gasteiger partial charge is 0.119 e. The van der Waals surface area contributed by atoms with Crippen LogP contribution in [-0.2, 0) is 0 Å². The minimum Gasteiger partial charge on any atom is -0.489 e. The highest BCUT2D eigenvalue weighted by Gasteiger charge is 1.93. The molecule has 5 heteroatoms. The Morgan fingerprint density at radius 3 is 2.53 bits per heavy atom. The molecule has 3 nitrogen and oxygen atoms in total. The van der Waals surface area contributed by atoms with Gasteiger partial charge in [0.15, 0.2) is 0 Å². The minimum atomic E-state index is 0.180. The van der Waals surface area contributed by atoms with Gasteiger partial charge in [0.2, 0.25) is 0 Å². The van der Waals surface area contributed by atoms with Crippen molar-refractivity contribution in [2.45, 2.75) is 0 Å². The topological polar surface area (TPSA) is 41.8 Å². The molecule has 0 amide bonds. The van der Waals surface area contributed by atoms with Crippen LogP contribution in [0.5, 0.6) is 5.75 Å². The third-order valence-electron chi connectivity index (χ3n) is 1.57. The molecule has 0 unspecified atom stereocenters. The Morgan fingerprint density at radius 2 is 2.00 bits per heavy atom. The molecule has 1 aromatic rings. The summed E-state index contributed by atoms with van der Waals surface area (Å²) in [4.78, 5) is 0. The van der Waals surface area contributed by atoms with Gasteiger partial charge in [-0.15, -0.1) is 0 Å². The van der Waals surface area contributed by atoms with Crippen LogP contribution in [0.25, 0.3) is 0 Å². The van der Waals surface area contributed by atoms with Gasteiger partial charge >= 0.3 is 0 Å². The van der Waals surface area contributed by atoms with E-state index in [1.807, 2.05) is 0 Å². The van der Waals surface area contributed by atoms with E-state index in [2.05, 4.69) is 5.16 Å². The summed E-state index contributed by atoms with van der Waals surface area (Å²) in [5.74, 6) is 0.691. The molecule has 0 saturated heterocycles. The lowest BCUT2D eigenvalue weighted by atomic mass is 10.2. The van der Waals surface area contributed by atoms with E-state index in [4.69, 9.17) is 33.1 Å². The molecule has 0 spiro atoms. The Balaban J connectivity index is 2.53. The Bertz CT molecular complexity index is 356. The first-order valence-corrected chi connectivity index (χ1v) is 4.89. The molecule has 0 bridgehead atoms. The van der Waals surface area contributed by atoms with E-state index in [-0.39, 0.29) is 4.49 Å². The first-order valence-electron chi connectivity index (χ1n) is 4.14. The summed E-state index contributed by atoms with van der Waals surface area (Å²) in [5.41, 5.74) is 0.788. The van der Waals surface area contributed by atoms with E-state index in [0.717, 1.165) is 5.56 Å². The van der Waals surface area contributed by atoms with Crippen molar-refractivity contribution in [3.8, 4) is 5.75 Å². The Morgan fingerprint density at radius 1 is 1.33 bits per heavy atom. The van der Waals surface area contributed by atoms with Crippen molar-refractivity contribution >= 4 is 29.4 Å². The second kappa shape index (κ2) is 6.32. The van der Waals surface area contributed by atoms with Crippen LogP contribution in [0.15, 0.2) is 40.0 Å². The van der Waals surface area contributed by atoms with E-state index in [1.54, 1.807) is 30.3 Å². The largest absolute Gasteiger partial charge is 0.489 e. The number of ether oxygens (including phenoxy) is 1. The van der Waals surface area contributed by atoms with Gasteiger partial charge in [0, 0.05) is 0 Å². The van der Waals surface area contributed by atoms with Crippen LogP contribution in [0.4, 0.5) is 0 Å². The van der Waals surface area contributed by atoms with Gasteiger partial charge in [0.05, 0.1) is 6.21 Å². The van der Waals surface area contributed by atoms with E-state index in [0.29, 0.717) is 12.4 Å². The Labute approximate surface area is 97.6 Å². The summed E-state index contributed by atoms with van der Waals surface area (Å²) in [6.45, 7) is 0.315. The van der Waals surface area contributed by atoms with Crippen molar-refractivity contribution < 1.29 is 9.94 Å². The van der Waals surface area contributed by atoms with Crippen LogP contribution in [-0.4, -0.2) is 18.0 Å². The molecule has 15 heavy (non-hydrogen) atoms. The minimum absolute atomic E-state index is 0.180. The molecular weight excluding hydrogens is 237 g/mol. The van der Waals surface area contributed by atoms with Gasteiger partial charge < -0.3 is 9.94 Å². The summed E-state index contributed by atoms with van der Waals surface area (Å²) >= 11 is 10.8. The molecule has 0 atom stereocenters. The lowest BCUT2D eigenvalue weighted by molar-refractivity contribution is 0.322. The fraction of sp³-hybridized carbons (Fsp3) is 0.100. The van der Waals surface area contributed by atoms with Gasteiger partial charge in [0.25, 0.3) is 0 Å². The first kappa shape index (κ1) is 11.9. The highest BCUT2D eigenvalue weighted by molar-refractivity contribution is 6.55. The predicted molar refractivity (Wildman–Crippen MR) is 61.1 cm³/mol. The highest BCUT2D eigenvalue weighted by atomic mass is 35.5. The number of hydrogen-bond donors (Lipinski definition) is 1. The quantitative estimate of drug-likeness (QED) is 0.503. The van der Waals surface area contributed by atoms with Crippen LogP contribution in [0.3, 0.4) is 0 Å². The maximum Gasteiger partial charge on any atom is 0.119 e. The molecule has 0 fully saturated rings. The SMILES string of the molecule is ON=Cc1ccc(OCC=C(Cl)Cl)cc1. The molecule has 1 aromatic carbocycles. The molecule has 0 aliphatic rings. The molecular formula is C10H9Cl2NO2. The van der Waals surface area contributed by atoms with E-state index < -0.39 is 0 Å². The standard InChI is InChI=1S/C10H9Cl2NO2/c11-10(12)5-6-15-9-3-1-8(2-4-9)7-13-14/h1-5,7,14H,6H2. The van der Waals surface area contributed by atoms with Crippen molar-refractivity contribution in [3.05, 3.63) is 40.4 Å². The lowest BCUT2D eigenvalue weighted by Crippen LogP contribution is -1.93. The molecule has 0 saturated carbocycles. The number of oxime groups is 1. The van der Waals surface area contributed by atoms with Gasteiger partial charge in [-0.25, -0.2) is 0 Å². The molecule has 0 aliphatic carbocycles. The molecule has 0 radical (unpaired) electrons. The van der Waals surface area contributed by atoms with Crippen LogP contribution < -0.4 is 4.74 Å². The third-order valence-corrected chi connectivity index (χ3v) is 1.88. The third kappa shape index (κ3) is 4.72. The van der Waals surface area contributed by atoms with Gasteiger partial charge in [0.1, 0.15) is 16.8 Å².